The van der Waals surface area contributed by atoms with Crippen molar-refractivity contribution in [2.45, 2.75) is 32.5 Å². The Kier molecular flexibility index (Phi) is 6.10. The average molecular weight is 356 g/mol. The Labute approximate surface area is 150 Å². The maximum absolute atomic E-state index is 12.8. The summed E-state index contributed by atoms with van der Waals surface area (Å²) in [5.74, 6) is -1.15. The van der Waals surface area contributed by atoms with Crippen LogP contribution in [-0.4, -0.2) is 26.8 Å². The predicted octanol–water partition coefficient (Wildman–Crippen LogP) is 2.89. The third-order valence-electron chi connectivity index (χ3n) is 3.60. The topological polar surface area (TPSA) is 99.6 Å². The van der Waals surface area contributed by atoms with Gasteiger partial charge in [-0.1, -0.05) is 37.7 Å². The number of benzene rings is 1. The maximum atomic E-state index is 12.8. The highest BCUT2D eigenvalue weighted by Gasteiger charge is 2.21. The molecule has 0 aliphatic heterocycles. The van der Waals surface area contributed by atoms with Crippen LogP contribution in [0.5, 0.6) is 0 Å². The van der Waals surface area contributed by atoms with Crippen molar-refractivity contribution in [1.82, 2.24) is 9.55 Å². The molecule has 0 amide bonds. The minimum atomic E-state index is -1.04. The number of hydrogen-bond donors (Lipinski definition) is 1. The van der Waals surface area contributed by atoms with E-state index < -0.39 is 5.92 Å². The van der Waals surface area contributed by atoms with E-state index in [1.54, 1.807) is 22.8 Å². The highest BCUT2D eigenvalue weighted by molar-refractivity contribution is 7.99. The number of nitrogens with zero attached hydrogens (tertiary/aromatic N) is 3. The van der Waals surface area contributed by atoms with Crippen LogP contribution in [0.3, 0.4) is 0 Å². The number of hydrogen-bond acceptors (Lipinski definition) is 6. The van der Waals surface area contributed by atoms with Crippen LogP contribution in [0.4, 0.5) is 0 Å². The molecule has 0 aliphatic rings. The Hall–Kier alpha value is -2.46. The summed E-state index contributed by atoms with van der Waals surface area (Å²) in [4.78, 5) is 29.5. The third kappa shape index (κ3) is 4.34. The molecule has 0 aliphatic carbocycles. The van der Waals surface area contributed by atoms with Gasteiger partial charge in [-0.3, -0.25) is 14.2 Å². The van der Waals surface area contributed by atoms with Crippen LogP contribution >= 0.6 is 11.8 Å². The molecule has 1 aromatic heterocycles. The molecule has 0 radical (unpaired) electrons. The van der Waals surface area contributed by atoms with Gasteiger partial charge in [-0.05, 0) is 25.0 Å². The van der Waals surface area contributed by atoms with Gasteiger partial charge >= 0.3 is 0 Å². The van der Waals surface area contributed by atoms with E-state index >= 15 is 0 Å². The Morgan fingerprint density at radius 3 is 2.68 bits per heavy atom. The smallest absolute Gasteiger partial charge is 0.262 e. The highest BCUT2D eigenvalue weighted by Crippen LogP contribution is 2.20. The molecule has 1 aromatic carbocycles. The van der Waals surface area contributed by atoms with E-state index in [9.17, 15) is 9.59 Å². The molecular weight excluding hydrogens is 336 g/mol. The van der Waals surface area contributed by atoms with Crippen molar-refractivity contribution in [3.05, 3.63) is 34.6 Å². The molecule has 7 heteroatoms. The van der Waals surface area contributed by atoms with Gasteiger partial charge in [0.2, 0.25) is 0 Å². The summed E-state index contributed by atoms with van der Waals surface area (Å²) < 4.78 is 1.59. The number of para-hydroxylation sites is 1. The average Bonchev–Trinajstić information content (AvgIpc) is 2.56. The number of aromatic nitrogens is 2. The second kappa shape index (κ2) is 8.08. The summed E-state index contributed by atoms with van der Waals surface area (Å²) in [6.45, 7) is 5.95. The van der Waals surface area contributed by atoms with Crippen molar-refractivity contribution in [2.75, 3.05) is 5.75 Å². The first-order chi connectivity index (χ1) is 11.8. The van der Waals surface area contributed by atoms with Crippen LogP contribution in [0, 0.1) is 28.6 Å². The molecule has 0 unspecified atom stereocenters. The number of nitriles is 1. The van der Waals surface area contributed by atoms with Gasteiger partial charge in [0, 0.05) is 12.3 Å². The van der Waals surface area contributed by atoms with Crippen LogP contribution in [0.15, 0.2) is 34.2 Å². The van der Waals surface area contributed by atoms with Crippen molar-refractivity contribution in [3.63, 3.8) is 0 Å². The molecule has 0 saturated heterocycles. The Morgan fingerprint density at radius 1 is 1.40 bits per heavy atom. The van der Waals surface area contributed by atoms with Gasteiger partial charge in [-0.2, -0.15) is 5.26 Å². The summed E-state index contributed by atoms with van der Waals surface area (Å²) >= 11 is 1.14. The first-order valence-corrected chi connectivity index (χ1v) is 8.93. The van der Waals surface area contributed by atoms with Crippen LogP contribution in [0.25, 0.3) is 10.9 Å². The predicted molar refractivity (Wildman–Crippen MR) is 99.1 cm³/mol. The first-order valence-electron chi connectivity index (χ1n) is 7.95. The fourth-order valence-electron chi connectivity index (χ4n) is 2.41. The highest BCUT2D eigenvalue weighted by atomic mass is 32.2. The lowest BCUT2D eigenvalue weighted by molar-refractivity contribution is -0.117. The Morgan fingerprint density at radius 2 is 2.08 bits per heavy atom. The van der Waals surface area contributed by atoms with E-state index in [2.05, 4.69) is 4.98 Å². The number of Topliss-reactive ketones (excluding diaryl/α,β-unsaturated/α-hetero) is 1. The molecule has 6 nitrogen and oxygen atoms in total. The number of fused-ring (bicyclic) bond motifs is 1. The Bertz CT molecular complexity index is 911. The van der Waals surface area contributed by atoms with E-state index in [-0.39, 0.29) is 28.7 Å². The monoisotopic (exact) mass is 356 g/mol. The minimum Gasteiger partial charge on any atom is -0.308 e. The summed E-state index contributed by atoms with van der Waals surface area (Å²) in [6, 6.07) is 8.96. The number of carbonyl (C=O) groups is 1. The van der Waals surface area contributed by atoms with Gasteiger partial charge in [0.1, 0.15) is 5.92 Å². The first kappa shape index (κ1) is 18.9. The van der Waals surface area contributed by atoms with Crippen LogP contribution in [-0.2, 0) is 11.3 Å². The molecule has 1 heterocycles. The number of rotatable bonds is 7. The zero-order chi connectivity index (χ0) is 18.6. The molecule has 0 bridgehead atoms. The van der Waals surface area contributed by atoms with E-state index in [0.717, 1.165) is 11.8 Å². The zero-order valence-electron chi connectivity index (χ0n) is 14.4. The number of thioether (sulfide) groups is 1. The quantitative estimate of drug-likeness (QED) is 0.467. The summed E-state index contributed by atoms with van der Waals surface area (Å²) in [5.41, 5.74) is 0.482. The number of carbonyl (C=O) groups excluding carboxylic acids is 1. The minimum absolute atomic E-state index is 0.00266. The van der Waals surface area contributed by atoms with Crippen molar-refractivity contribution in [2.24, 2.45) is 11.8 Å². The molecular formula is C18H20N4O2S. The van der Waals surface area contributed by atoms with Crippen LogP contribution in [0.1, 0.15) is 20.8 Å². The summed E-state index contributed by atoms with van der Waals surface area (Å²) in [5, 5.41) is 17.6. The SMILES string of the molecule is CC(=N)[C@@H](C#N)C(=O)CSc1nc2ccccc2c(=O)n1CC(C)C. The standard InChI is InChI=1S/C18H20N4O2S/c1-11(2)9-22-17(24)13-6-4-5-7-15(13)21-18(22)25-10-16(23)14(8-19)12(3)20/h4-7,11,14,20H,9-10H2,1-3H3/t14-/m1/s1. The second-order valence-corrected chi connectivity index (χ2v) is 7.16. The Balaban J connectivity index is 2.39. The fourth-order valence-corrected chi connectivity index (χ4v) is 3.33. The van der Waals surface area contributed by atoms with E-state index in [1.807, 2.05) is 26.0 Å². The lowest BCUT2D eigenvalue weighted by Crippen LogP contribution is -2.26. The second-order valence-electron chi connectivity index (χ2n) is 6.22. The molecule has 130 valence electrons. The molecule has 1 N–H and O–H groups in total. The summed E-state index contributed by atoms with van der Waals surface area (Å²) in [6.07, 6.45) is 0. The van der Waals surface area contributed by atoms with Gasteiger partial charge in [-0.15, -0.1) is 0 Å². The van der Waals surface area contributed by atoms with Gasteiger partial charge < -0.3 is 5.41 Å². The zero-order valence-corrected chi connectivity index (χ0v) is 15.3. The van der Waals surface area contributed by atoms with Crippen molar-refractivity contribution in [1.29, 1.82) is 10.7 Å². The van der Waals surface area contributed by atoms with Crippen LogP contribution < -0.4 is 5.56 Å². The molecule has 25 heavy (non-hydrogen) atoms. The molecule has 0 fully saturated rings. The fraction of sp³-hybridized carbons (Fsp3) is 0.389. The largest absolute Gasteiger partial charge is 0.308 e. The van der Waals surface area contributed by atoms with E-state index in [4.69, 9.17) is 10.7 Å². The summed E-state index contributed by atoms with van der Waals surface area (Å²) in [7, 11) is 0. The molecule has 2 aromatic rings. The number of nitrogens with one attached hydrogen (secondary N) is 1. The maximum Gasteiger partial charge on any atom is 0.262 e. The molecule has 1 atom stereocenters. The van der Waals surface area contributed by atoms with Gasteiger partial charge in [0.25, 0.3) is 5.56 Å². The van der Waals surface area contributed by atoms with Crippen LogP contribution in [0.2, 0.25) is 0 Å². The molecule has 2 rings (SSSR count). The molecule has 0 spiro atoms. The van der Waals surface area contributed by atoms with E-state index in [1.165, 1.54) is 6.92 Å². The van der Waals surface area contributed by atoms with Crippen molar-refractivity contribution < 1.29 is 4.79 Å². The van der Waals surface area contributed by atoms with E-state index in [0.29, 0.717) is 22.6 Å². The van der Waals surface area contributed by atoms with Crippen molar-refractivity contribution in [3.8, 4) is 6.07 Å². The van der Waals surface area contributed by atoms with Gasteiger partial charge in [-0.25, -0.2) is 4.98 Å². The lowest BCUT2D eigenvalue weighted by Gasteiger charge is -2.15. The lowest BCUT2D eigenvalue weighted by atomic mass is 10.0. The van der Waals surface area contributed by atoms with Gasteiger partial charge in [0.15, 0.2) is 10.9 Å². The molecule has 0 saturated carbocycles. The third-order valence-corrected chi connectivity index (χ3v) is 4.60. The van der Waals surface area contributed by atoms with Crippen molar-refractivity contribution >= 4 is 34.2 Å². The normalized spacial score (nSPS) is 12.1. The van der Waals surface area contributed by atoms with Gasteiger partial charge in [0.05, 0.1) is 22.7 Å². The number of ketones is 1.